The molecule has 29 heavy (non-hydrogen) atoms. The van der Waals surface area contributed by atoms with Crippen LogP contribution < -0.4 is 4.74 Å². The molecule has 0 spiro atoms. The summed E-state index contributed by atoms with van der Waals surface area (Å²) in [6.45, 7) is 6.64. The number of hydrogen-bond donors (Lipinski definition) is 1. The summed E-state index contributed by atoms with van der Waals surface area (Å²) in [4.78, 5) is 35.9. The van der Waals surface area contributed by atoms with Gasteiger partial charge in [-0.2, -0.15) is 0 Å². The van der Waals surface area contributed by atoms with Crippen LogP contribution in [0.4, 0.5) is 0 Å². The van der Waals surface area contributed by atoms with Gasteiger partial charge in [0.25, 0.3) is 0 Å². The van der Waals surface area contributed by atoms with Crippen LogP contribution in [-0.4, -0.2) is 54.7 Å². The molecule has 2 heterocycles. The van der Waals surface area contributed by atoms with Crippen molar-refractivity contribution in [2.24, 2.45) is 0 Å². The Labute approximate surface area is 169 Å². The number of aliphatic hydroxyl groups is 1. The summed E-state index contributed by atoms with van der Waals surface area (Å²) in [6.07, 6.45) is -0.905. The Morgan fingerprint density at radius 2 is 2.00 bits per heavy atom. The largest absolute Gasteiger partial charge is 0.425 e. The molecule has 2 aliphatic rings. The van der Waals surface area contributed by atoms with Crippen molar-refractivity contribution in [1.29, 1.82) is 0 Å². The third-order valence-corrected chi connectivity index (χ3v) is 8.44. The summed E-state index contributed by atoms with van der Waals surface area (Å²) >= 11 is 0. The van der Waals surface area contributed by atoms with E-state index in [1.54, 1.807) is 19.9 Å². The van der Waals surface area contributed by atoms with Gasteiger partial charge in [-0.3, -0.25) is 14.4 Å². The molecule has 0 bridgehead atoms. The van der Waals surface area contributed by atoms with Crippen molar-refractivity contribution in [3.8, 4) is 5.75 Å². The highest BCUT2D eigenvalue weighted by molar-refractivity contribution is 7.90. The van der Waals surface area contributed by atoms with Crippen LogP contribution in [0.5, 0.6) is 5.75 Å². The van der Waals surface area contributed by atoms with Crippen LogP contribution in [0.1, 0.15) is 56.9 Å². The Kier molecular flexibility index (Phi) is 5.00. The number of rotatable bonds is 5. The molecule has 1 fully saturated rings. The molecule has 0 amide bonds. The first-order valence-corrected chi connectivity index (χ1v) is 10.8. The van der Waals surface area contributed by atoms with Crippen LogP contribution in [0.25, 0.3) is 0 Å². The number of sulfonamides is 1. The van der Waals surface area contributed by atoms with Gasteiger partial charge in [0, 0.05) is 24.7 Å². The summed E-state index contributed by atoms with van der Waals surface area (Å²) < 4.78 is 31.7. The van der Waals surface area contributed by atoms with E-state index < -0.39 is 44.0 Å². The molecule has 9 heteroatoms. The standard InChI is InChI=1S/C20H25NO7S/c1-19(2,15(23)10-22)12-8-11(9-13-17(12)28-18(25)20(13,3)4)16(24)14-6-7-21(5)29(14,26)27/h8-10,14,16,24H,6-7H2,1-5H3/t14-,16+/m0/s1. The average molecular weight is 423 g/mol. The highest BCUT2D eigenvalue weighted by Crippen LogP contribution is 2.47. The minimum absolute atomic E-state index is 0.183. The van der Waals surface area contributed by atoms with Crippen LogP contribution in [0, 0.1) is 0 Å². The number of aldehydes is 1. The van der Waals surface area contributed by atoms with Gasteiger partial charge in [0.15, 0.2) is 6.29 Å². The molecule has 0 aliphatic carbocycles. The fraction of sp³-hybridized carbons (Fsp3) is 0.550. The second-order valence-corrected chi connectivity index (χ2v) is 11.0. The van der Waals surface area contributed by atoms with Crippen molar-refractivity contribution in [2.75, 3.05) is 13.6 Å². The lowest BCUT2D eigenvalue weighted by atomic mass is 9.75. The van der Waals surface area contributed by atoms with Crippen molar-refractivity contribution < 1.29 is 32.6 Å². The molecule has 2 atom stereocenters. The number of aliphatic hydroxyl groups excluding tert-OH is 1. The van der Waals surface area contributed by atoms with Gasteiger partial charge in [-0.05, 0) is 51.8 Å². The fourth-order valence-corrected chi connectivity index (χ4v) is 5.53. The van der Waals surface area contributed by atoms with Gasteiger partial charge < -0.3 is 9.84 Å². The van der Waals surface area contributed by atoms with Gasteiger partial charge in [0.2, 0.25) is 15.8 Å². The van der Waals surface area contributed by atoms with Gasteiger partial charge in [-0.1, -0.05) is 0 Å². The van der Waals surface area contributed by atoms with Crippen molar-refractivity contribution in [2.45, 2.75) is 56.3 Å². The number of hydrogen-bond acceptors (Lipinski definition) is 7. The van der Waals surface area contributed by atoms with E-state index in [-0.39, 0.29) is 29.6 Å². The first kappa shape index (κ1) is 21.6. The number of esters is 1. The molecular formula is C20H25NO7S. The van der Waals surface area contributed by atoms with E-state index in [2.05, 4.69) is 0 Å². The van der Waals surface area contributed by atoms with Gasteiger partial charge in [-0.25, -0.2) is 12.7 Å². The molecule has 8 nitrogen and oxygen atoms in total. The molecule has 1 aromatic rings. The molecule has 1 aromatic carbocycles. The molecule has 0 radical (unpaired) electrons. The Balaban J connectivity index is 2.22. The Bertz CT molecular complexity index is 1010. The van der Waals surface area contributed by atoms with Crippen molar-refractivity contribution in [1.82, 2.24) is 4.31 Å². The maximum Gasteiger partial charge on any atom is 0.321 e. The van der Waals surface area contributed by atoms with Gasteiger partial charge in [0.1, 0.15) is 11.0 Å². The van der Waals surface area contributed by atoms with Crippen LogP contribution in [0.3, 0.4) is 0 Å². The monoisotopic (exact) mass is 423 g/mol. The first-order valence-electron chi connectivity index (χ1n) is 9.30. The smallest absolute Gasteiger partial charge is 0.321 e. The van der Waals surface area contributed by atoms with Crippen molar-refractivity contribution in [3.05, 3.63) is 28.8 Å². The number of carbonyl (C=O) groups excluding carboxylic acids is 3. The summed E-state index contributed by atoms with van der Waals surface area (Å²) in [5, 5.41) is 9.90. The first-order chi connectivity index (χ1) is 13.3. The van der Waals surface area contributed by atoms with Crippen LogP contribution >= 0.6 is 0 Å². The molecule has 158 valence electrons. The highest BCUT2D eigenvalue weighted by atomic mass is 32.2. The Morgan fingerprint density at radius 3 is 2.52 bits per heavy atom. The molecule has 1 saturated heterocycles. The second-order valence-electron chi connectivity index (χ2n) is 8.71. The average Bonchev–Trinajstić information content (AvgIpc) is 3.05. The normalized spacial score (nSPS) is 24.1. The number of nitrogens with zero attached hydrogens (tertiary/aromatic N) is 1. The maximum absolute atomic E-state index is 12.5. The quantitative estimate of drug-likeness (QED) is 0.325. The molecule has 3 rings (SSSR count). The minimum atomic E-state index is -3.67. The second kappa shape index (κ2) is 6.72. The fourth-order valence-electron chi connectivity index (χ4n) is 3.82. The summed E-state index contributed by atoms with van der Waals surface area (Å²) in [7, 11) is -2.22. The Hall–Kier alpha value is -2.10. The lowest BCUT2D eigenvalue weighted by Crippen LogP contribution is -2.32. The number of benzene rings is 1. The van der Waals surface area contributed by atoms with E-state index in [4.69, 9.17) is 4.74 Å². The third kappa shape index (κ3) is 3.12. The zero-order valence-corrected chi connectivity index (χ0v) is 17.9. The van der Waals surface area contributed by atoms with Crippen LogP contribution in [0.2, 0.25) is 0 Å². The maximum atomic E-state index is 12.5. The highest BCUT2D eigenvalue weighted by Gasteiger charge is 2.47. The number of carbonyl (C=O) groups is 3. The zero-order valence-electron chi connectivity index (χ0n) is 17.1. The van der Waals surface area contributed by atoms with Gasteiger partial charge in [0.05, 0.1) is 16.9 Å². The molecule has 0 unspecified atom stereocenters. The van der Waals surface area contributed by atoms with Crippen molar-refractivity contribution >= 4 is 28.1 Å². The summed E-state index contributed by atoms with van der Waals surface area (Å²) in [5.41, 5.74) is -1.40. The number of fused-ring (bicyclic) bond motifs is 1. The number of Topliss-reactive ketones (excluding diaryl/α,β-unsaturated/α-hetero) is 1. The van der Waals surface area contributed by atoms with E-state index >= 15 is 0 Å². The topological polar surface area (TPSA) is 118 Å². The molecule has 0 saturated carbocycles. The van der Waals surface area contributed by atoms with E-state index in [0.717, 1.165) is 0 Å². The summed E-state index contributed by atoms with van der Waals surface area (Å²) in [6, 6.07) is 3.02. The van der Waals surface area contributed by atoms with Gasteiger partial charge >= 0.3 is 5.97 Å². The summed E-state index contributed by atoms with van der Waals surface area (Å²) in [5.74, 6) is -1.06. The SMILES string of the molecule is CN1CC[C@@H]([C@H](O)c2cc(C(C)(C)C(=O)C=O)c3c(c2)C(C)(C)C(=O)O3)S1(=O)=O. The third-order valence-electron chi connectivity index (χ3n) is 6.13. The van der Waals surface area contributed by atoms with Crippen LogP contribution in [-0.2, 0) is 35.2 Å². The minimum Gasteiger partial charge on any atom is -0.425 e. The number of ketones is 1. The molecule has 2 aliphatic heterocycles. The van der Waals surface area contributed by atoms with E-state index in [9.17, 15) is 27.9 Å². The Morgan fingerprint density at radius 1 is 1.38 bits per heavy atom. The predicted molar refractivity (Wildman–Crippen MR) is 104 cm³/mol. The molecule has 0 aromatic heterocycles. The molecular weight excluding hydrogens is 398 g/mol. The van der Waals surface area contributed by atoms with E-state index in [0.29, 0.717) is 12.1 Å². The van der Waals surface area contributed by atoms with E-state index in [1.165, 1.54) is 31.3 Å². The predicted octanol–water partition coefficient (Wildman–Crippen LogP) is 0.996. The lowest BCUT2D eigenvalue weighted by Gasteiger charge is -2.27. The number of ether oxygens (including phenoxy) is 1. The van der Waals surface area contributed by atoms with Crippen molar-refractivity contribution in [3.63, 3.8) is 0 Å². The zero-order chi connectivity index (χ0) is 21.9. The van der Waals surface area contributed by atoms with Crippen LogP contribution in [0.15, 0.2) is 12.1 Å². The molecule has 1 N–H and O–H groups in total. The lowest BCUT2D eigenvalue weighted by molar-refractivity contribution is -0.137. The van der Waals surface area contributed by atoms with E-state index in [1.807, 2.05) is 0 Å². The van der Waals surface area contributed by atoms with Gasteiger partial charge in [-0.15, -0.1) is 0 Å².